The summed E-state index contributed by atoms with van der Waals surface area (Å²) in [4.78, 5) is 11.4. The zero-order chi connectivity index (χ0) is 22.1. The predicted molar refractivity (Wildman–Crippen MR) is 123 cm³/mol. The van der Waals surface area contributed by atoms with Gasteiger partial charge >= 0.3 is 0 Å². The average Bonchev–Trinajstić information content (AvgIpc) is 3.16. The minimum absolute atomic E-state index is 0.000992. The summed E-state index contributed by atoms with van der Waals surface area (Å²) in [5.41, 5.74) is 1.13. The number of aryl methyl sites for hydroxylation is 1. The number of pyridine rings is 1. The summed E-state index contributed by atoms with van der Waals surface area (Å²) >= 11 is 0. The zero-order valence-electron chi connectivity index (χ0n) is 18.6. The smallest absolute Gasteiger partial charge is 0.214 e. The molecule has 0 aromatic carbocycles. The summed E-state index contributed by atoms with van der Waals surface area (Å²) in [7, 11) is 1.89. The Kier molecular flexibility index (Phi) is 5.57. The van der Waals surface area contributed by atoms with Crippen LogP contribution in [0.15, 0.2) is 59.1 Å². The minimum atomic E-state index is -0.123. The third kappa shape index (κ3) is 4.47. The molecule has 9 nitrogen and oxygen atoms in total. The molecule has 168 valence electrons. The van der Waals surface area contributed by atoms with E-state index in [9.17, 15) is 0 Å². The van der Waals surface area contributed by atoms with Crippen molar-refractivity contribution in [2.24, 2.45) is 12.0 Å². The highest BCUT2D eigenvalue weighted by Crippen LogP contribution is 2.28. The Balaban J connectivity index is 1.20. The van der Waals surface area contributed by atoms with Gasteiger partial charge in [-0.25, -0.2) is 4.98 Å². The van der Waals surface area contributed by atoms with Crippen molar-refractivity contribution in [2.45, 2.75) is 44.6 Å². The number of ether oxygens (including phenoxy) is 2. The summed E-state index contributed by atoms with van der Waals surface area (Å²) in [5.74, 6) is 3.04. The lowest BCUT2D eigenvalue weighted by Crippen LogP contribution is -2.56. The Morgan fingerprint density at radius 3 is 2.75 bits per heavy atom. The summed E-state index contributed by atoms with van der Waals surface area (Å²) in [5, 5.41) is 11.0. The topological polar surface area (TPSA) is 88.8 Å². The van der Waals surface area contributed by atoms with E-state index in [1.54, 1.807) is 17.2 Å². The van der Waals surface area contributed by atoms with Gasteiger partial charge in [0.1, 0.15) is 23.8 Å². The van der Waals surface area contributed by atoms with E-state index in [1.807, 2.05) is 31.4 Å². The van der Waals surface area contributed by atoms with Gasteiger partial charge in [0.15, 0.2) is 5.82 Å². The van der Waals surface area contributed by atoms with Crippen LogP contribution in [0.4, 0.5) is 5.82 Å². The first-order chi connectivity index (χ1) is 15.5. The molecule has 0 saturated carbocycles. The number of nitrogens with zero attached hydrogens (tertiary/aromatic N) is 5. The molecule has 4 heterocycles. The van der Waals surface area contributed by atoms with E-state index in [4.69, 9.17) is 9.47 Å². The molecule has 0 spiro atoms. The van der Waals surface area contributed by atoms with Crippen molar-refractivity contribution in [3.63, 3.8) is 0 Å². The molecule has 2 unspecified atom stereocenters. The molecular formula is C23H29N7O2. The van der Waals surface area contributed by atoms with E-state index < -0.39 is 0 Å². The second kappa shape index (κ2) is 8.66. The van der Waals surface area contributed by atoms with Crippen LogP contribution in [0.2, 0.25) is 0 Å². The molecule has 0 radical (unpaired) electrons. The molecule has 32 heavy (non-hydrogen) atoms. The first kappa shape index (κ1) is 20.6. The number of fused-ring (bicyclic) bond motifs is 1. The van der Waals surface area contributed by atoms with E-state index in [2.05, 4.69) is 56.6 Å². The number of likely N-dealkylation sites (tertiary alicyclic amines) is 1. The molecule has 3 aliphatic rings. The second-order valence-electron chi connectivity index (χ2n) is 8.63. The Labute approximate surface area is 187 Å². The molecular weight excluding hydrogens is 406 g/mol. The van der Waals surface area contributed by atoms with Crippen LogP contribution >= 0.6 is 0 Å². The number of hydrogen-bond donors (Lipinski definition) is 2. The number of anilines is 1. The largest absolute Gasteiger partial charge is 0.486 e. The molecule has 0 bridgehead atoms. The van der Waals surface area contributed by atoms with Gasteiger partial charge in [0.05, 0.1) is 18.6 Å². The molecule has 2 aromatic heterocycles. The fourth-order valence-electron chi connectivity index (χ4n) is 4.04. The zero-order valence-corrected chi connectivity index (χ0v) is 18.6. The van der Waals surface area contributed by atoms with Crippen molar-refractivity contribution < 1.29 is 9.47 Å². The van der Waals surface area contributed by atoms with Crippen LogP contribution in [0.5, 0.6) is 11.6 Å². The number of rotatable bonds is 7. The lowest BCUT2D eigenvalue weighted by atomic mass is 9.93. The molecule has 2 atom stereocenters. The Hall–Kier alpha value is -3.33. The lowest BCUT2D eigenvalue weighted by Gasteiger charge is -2.41. The van der Waals surface area contributed by atoms with Crippen molar-refractivity contribution >= 4 is 12.2 Å². The number of aliphatic imine (C=N–C) groups is 1. The van der Waals surface area contributed by atoms with Crippen molar-refractivity contribution in [2.75, 3.05) is 18.4 Å². The third-order valence-corrected chi connectivity index (χ3v) is 5.91. The van der Waals surface area contributed by atoms with Gasteiger partial charge in [-0.1, -0.05) is 6.08 Å². The minimum Gasteiger partial charge on any atom is -0.486 e. The fourth-order valence-corrected chi connectivity index (χ4v) is 4.04. The average molecular weight is 436 g/mol. The normalized spacial score (nSPS) is 23.0. The van der Waals surface area contributed by atoms with Crippen LogP contribution in [0, 0.1) is 0 Å². The molecule has 1 saturated heterocycles. The second-order valence-corrected chi connectivity index (χ2v) is 8.63. The monoisotopic (exact) mass is 435 g/mol. The van der Waals surface area contributed by atoms with Crippen LogP contribution in [-0.4, -0.2) is 63.4 Å². The molecule has 0 amide bonds. The van der Waals surface area contributed by atoms with Crippen LogP contribution < -0.4 is 20.1 Å². The van der Waals surface area contributed by atoms with Gasteiger partial charge in [-0.3, -0.25) is 14.6 Å². The molecule has 2 aliphatic heterocycles. The summed E-state index contributed by atoms with van der Waals surface area (Å²) in [6, 6.07) is 6.29. The van der Waals surface area contributed by atoms with Gasteiger partial charge in [-0.2, -0.15) is 5.10 Å². The molecule has 1 aliphatic carbocycles. The maximum absolute atomic E-state index is 6.13. The first-order valence-corrected chi connectivity index (χ1v) is 11.0. The third-order valence-electron chi connectivity index (χ3n) is 5.91. The quantitative estimate of drug-likeness (QED) is 0.645. The van der Waals surface area contributed by atoms with Crippen molar-refractivity contribution in [1.29, 1.82) is 0 Å². The highest BCUT2D eigenvalue weighted by Gasteiger charge is 2.30. The molecule has 9 heteroatoms. The van der Waals surface area contributed by atoms with Crippen LogP contribution in [0.3, 0.4) is 0 Å². The van der Waals surface area contributed by atoms with E-state index in [1.165, 1.54) is 0 Å². The molecule has 1 fully saturated rings. The number of aromatic nitrogens is 3. The van der Waals surface area contributed by atoms with Gasteiger partial charge in [-0.15, -0.1) is 0 Å². The number of nitrogens with one attached hydrogen (secondary N) is 2. The van der Waals surface area contributed by atoms with Gasteiger partial charge in [0.25, 0.3) is 0 Å². The van der Waals surface area contributed by atoms with Gasteiger partial charge in [0, 0.05) is 56.5 Å². The molecule has 5 rings (SSSR count). The summed E-state index contributed by atoms with van der Waals surface area (Å²) in [6.07, 6.45) is 10.3. The Morgan fingerprint density at radius 2 is 2.03 bits per heavy atom. The van der Waals surface area contributed by atoms with E-state index in [0.717, 1.165) is 36.1 Å². The highest BCUT2D eigenvalue weighted by molar-refractivity contribution is 5.64. The maximum atomic E-state index is 6.13. The maximum Gasteiger partial charge on any atom is 0.214 e. The van der Waals surface area contributed by atoms with Crippen LogP contribution in [0.1, 0.15) is 20.3 Å². The van der Waals surface area contributed by atoms with Crippen molar-refractivity contribution in [1.82, 2.24) is 25.0 Å². The van der Waals surface area contributed by atoms with Crippen molar-refractivity contribution in [3.05, 3.63) is 54.1 Å². The van der Waals surface area contributed by atoms with Gasteiger partial charge in [0.2, 0.25) is 5.88 Å². The predicted octanol–water partition coefficient (Wildman–Crippen LogP) is 2.32. The van der Waals surface area contributed by atoms with Gasteiger partial charge < -0.3 is 20.1 Å². The van der Waals surface area contributed by atoms with Crippen LogP contribution in [0.25, 0.3) is 0 Å². The first-order valence-electron chi connectivity index (χ1n) is 11.0. The SMILES string of the molecule is CC(C)N1CC(Oc2ccc(OC3C=CC4N=CNC(Nc5ccn(C)n5)=C4C3)nc2)C1. The Morgan fingerprint density at radius 1 is 1.16 bits per heavy atom. The molecule has 2 N–H and O–H groups in total. The van der Waals surface area contributed by atoms with E-state index >= 15 is 0 Å². The highest BCUT2D eigenvalue weighted by atomic mass is 16.5. The Bertz CT molecular complexity index is 1030. The molecule has 2 aromatic rings. The van der Waals surface area contributed by atoms with Crippen LogP contribution in [-0.2, 0) is 7.05 Å². The summed E-state index contributed by atoms with van der Waals surface area (Å²) in [6.45, 7) is 6.33. The van der Waals surface area contributed by atoms with E-state index in [-0.39, 0.29) is 18.2 Å². The standard InChI is InChI=1S/C23H29N7O2/c1-15(2)30-12-18(13-30)31-17-5-7-22(24-11-17)32-16-4-6-20-19(10-16)23(26-14-25-20)27-21-8-9-29(3)28-21/h4-9,11,14-16,18,20H,10,12-13H2,1-3H3,(H,25,26)(H,27,28). The van der Waals surface area contributed by atoms with Gasteiger partial charge in [-0.05, 0) is 26.0 Å². The van der Waals surface area contributed by atoms with E-state index in [0.29, 0.717) is 18.3 Å². The number of hydrogen-bond acceptors (Lipinski definition) is 8. The van der Waals surface area contributed by atoms with Crippen molar-refractivity contribution in [3.8, 4) is 11.6 Å². The fraction of sp³-hybridized carbons (Fsp3) is 0.435. The lowest BCUT2D eigenvalue weighted by molar-refractivity contribution is -0.0000997. The summed E-state index contributed by atoms with van der Waals surface area (Å²) < 4.78 is 13.9.